The number of aliphatic hydroxyl groups is 1. The molecular weight excluding hydrogens is 204 g/mol. The number of rotatable bonds is 4. The van der Waals surface area contributed by atoms with Gasteiger partial charge in [0.25, 0.3) is 0 Å². The van der Waals surface area contributed by atoms with Crippen LogP contribution < -0.4 is 0 Å². The molecule has 16 heavy (non-hydrogen) atoms. The second-order valence-corrected chi connectivity index (χ2v) is 3.37. The molecule has 0 amide bonds. The van der Waals surface area contributed by atoms with Crippen LogP contribution in [-0.4, -0.2) is 17.7 Å². The first-order valence-corrected chi connectivity index (χ1v) is 5.23. The fourth-order valence-electron chi connectivity index (χ4n) is 1.40. The fraction of sp³-hybridized carbons (Fsp3) is 0.308. The summed E-state index contributed by atoms with van der Waals surface area (Å²) in [6.07, 6.45) is 3.10. The van der Waals surface area contributed by atoms with Crippen LogP contribution in [0.1, 0.15) is 23.6 Å². The topological polar surface area (TPSA) is 46.5 Å². The number of carbonyl (C=O) groups excluding carboxylic acids is 1. The summed E-state index contributed by atoms with van der Waals surface area (Å²) in [6.45, 7) is 4.06. The van der Waals surface area contributed by atoms with Gasteiger partial charge in [0, 0.05) is 6.08 Å². The Morgan fingerprint density at radius 2 is 2.25 bits per heavy atom. The quantitative estimate of drug-likeness (QED) is 0.624. The SMILES string of the molecule is CCOC(=O)C=Cc1cccc(CO)c1C. The summed E-state index contributed by atoms with van der Waals surface area (Å²) >= 11 is 0. The van der Waals surface area contributed by atoms with Gasteiger partial charge in [-0.2, -0.15) is 0 Å². The molecule has 0 aliphatic rings. The zero-order valence-electron chi connectivity index (χ0n) is 9.56. The minimum Gasteiger partial charge on any atom is -0.463 e. The van der Waals surface area contributed by atoms with Gasteiger partial charge in [-0.05, 0) is 36.6 Å². The Labute approximate surface area is 95.4 Å². The highest BCUT2D eigenvalue weighted by Gasteiger charge is 2.01. The van der Waals surface area contributed by atoms with Crippen molar-refractivity contribution < 1.29 is 14.6 Å². The van der Waals surface area contributed by atoms with Gasteiger partial charge in [-0.3, -0.25) is 0 Å². The minimum atomic E-state index is -0.351. The largest absolute Gasteiger partial charge is 0.463 e. The molecule has 0 radical (unpaired) electrons. The van der Waals surface area contributed by atoms with Crippen LogP contribution in [0.3, 0.4) is 0 Å². The molecule has 0 spiro atoms. The fourth-order valence-corrected chi connectivity index (χ4v) is 1.40. The predicted molar refractivity (Wildman–Crippen MR) is 62.8 cm³/mol. The number of benzene rings is 1. The third-order valence-electron chi connectivity index (χ3n) is 2.34. The van der Waals surface area contributed by atoms with E-state index in [-0.39, 0.29) is 12.6 Å². The molecule has 86 valence electrons. The van der Waals surface area contributed by atoms with Crippen LogP contribution in [0.25, 0.3) is 6.08 Å². The molecule has 3 nitrogen and oxygen atoms in total. The van der Waals surface area contributed by atoms with Crippen LogP contribution in [0, 0.1) is 6.92 Å². The van der Waals surface area contributed by atoms with Crippen molar-refractivity contribution in [2.45, 2.75) is 20.5 Å². The lowest BCUT2D eigenvalue weighted by atomic mass is 10.0. The van der Waals surface area contributed by atoms with E-state index in [9.17, 15) is 4.79 Å². The Morgan fingerprint density at radius 3 is 2.88 bits per heavy atom. The zero-order chi connectivity index (χ0) is 12.0. The van der Waals surface area contributed by atoms with Crippen molar-refractivity contribution in [3.05, 3.63) is 41.0 Å². The molecule has 0 aliphatic carbocycles. The Hall–Kier alpha value is -1.61. The third-order valence-corrected chi connectivity index (χ3v) is 2.34. The van der Waals surface area contributed by atoms with Crippen LogP contribution in [0.2, 0.25) is 0 Å². The first-order valence-electron chi connectivity index (χ1n) is 5.23. The molecule has 0 aliphatic heterocycles. The van der Waals surface area contributed by atoms with Gasteiger partial charge >= 0.3 is 5.97 Å². The van der Waals surface area contributed by atoms with E-state index in [2.05, 4.69) is 0 Å². The van der Waals surface area contributed by atoms with Crippen molar-refractivity contribution in [2.24, 2.45) is 0 Å². The number of carbonyl (C=O) groups is 1. The van der Waals surface area contributed by atoms with Gasteiger partial charge in [-0.1, -0.05) is 18.2 Å². The Balaban J connectivity index is 2.85. The maximum Gasteiger partial charge on any atom is 0.330 e. The number of esters is 1. The van der Waals surface area contributed by atoms with E-state index in [1.54, 1.807) is 13.0 Å². The molecule has 1 aromatic rings. The van der Waals surface area contributed by atoms with E-state index in [4.69, 9.17) is 9.84 Å². The summed E-state index contributed by atoms with van der Waals surface area (Å²) in [5, 5.41) is 9.09. The lowest BCUT2D eigenvalue weighted by molar-refractivity contribution is -0.137. The lowest BCUT2D eigenvalue weighted by Gasteiger charge is -2.05. The molecule has 1 aromatic carbocycles. The molecule has 0 bridgehead atoms. The highest BCUT2D eigenvalue weighted by atomic mass is 16.5. The zero-order valence-corrected chi connectivity index (χ0v) is 9.56. The Kier molecular flexibility index (Phi) is 4.73. The summed E-state index contributed by atoms with van der Waals surface area (Å²) in [5.41, 5.74) is 2.76. The normalized spacial score (nSPS) is 10.7. The summed E-state index contributed by atoms with van der Waals surface area (Å²) in [7, 11) is 0. The second kappa shape index (κ2) is 6.08. The lowest BCUT2D eigenvalue weighted by Crippen LogP contribution is -1.99. The maximum atomic E-state index is 11.1. The van der Waals surface area contributed by atoms with Crippen molar-refractivity contribution in [1.82, 2.24) is 0 Å². The van der Waals surface area contributed by atoms with E-state index in [1.165, 1.54) is 6.08 Å². The van der Waals surface area contributed by atoms with Gasteiger partial charge in [-0.25, -0.2) is 4.79 Å². The number of hydrogen-bond acceptors (Lipinski definition) is 3. The number of ether oxygens (including phenoxy) is 1. The first-order chi connectivity index (χ1) is 7.69. The van der Waals surface area contributed by atoms with E-state index in [0.717, 1.165) is 16.7 Å². The van der Waals surface area contributed by atoms with E-state index in [0.29, 0.717) is 6.61 Å². The van der Waals surface area contributed by atoms with Crippen LogP contribution in [0.5, 0.6) is 0 Å². The van der Waals surface area contributed by atoms with E-state index >= 15 is 0 Å². The smallest absolute Gasteiger partial charge is 0.330 e. The molecular formula is C13H16O3. The molecule has 1 rings (SSSR count). The predicted octanol–water partition coefficient (Wildman–Crippen LogP) is 2.06. The molecule has 0 atom stereocenters. The molecule has 0 fully saturated rings. The molecule has 0 unspecified atom stereocenters. The van der Waals surface area contributed by atoms with Gasteiger partial charge in [-0.15, -0.1) is 0 Å². The molecule has 3 heteroatoms. The summed E-state index contributed by atoms with van der Waals surface area (Å²) in [6, 6.07) is 5.60. The average Bonchev–Trinajstić information content (AvgIpc) is 2.28. The standard InChI is InChI=1S/C13H16O3/c1-3-16-13(15)8-7-11-5-4-6-12(9-14)10(11)2/h4-8,14H,3,9H2,1-2H3. The Bertz CT molecular complexity index is 394. The number of aliphatic hydroxyl groups excluding tert-OH is 1. The molecule has 1 N–H and O–H groups in total. The minimum absolute atomic E-state index is 0.00686. The number of hydrogen-bond donors (Lipinski definition) is 1. The van der Waals surface area contributed by atoms with Crippen LogP contribution in [0.15, 0.2) is 24.3 Å². The summed E-state index contributed by atoms with van der Waals surface area (Å²) < 4.78 is 4.78. The van der Waals surface area contributed by atoms with Gasteiger partial charge in [0.15, 0.2) is 0 Å². The molecule has 0 aromatic heterocycles. The third kappa shape index (κ3) is 3.21. The van der Waals surface area contributed by atoms with Crippen LogP contribution in [-0.2, 0) is 16.1 Å². The van der Waals surface area contributed by atoms with Gasteiger partial charge in [0.1, 0.15) is 0 Å². The molecule has 0 heterocycles. The van der Waals surface area contributed by atoms with Crippen molar-refractivity contribution in [3.8, 4) is 0 Å². The molecule has 0 saturated carbocycles. The second-order valence-electron chi connectivity index (χ2n) is 3.37. The summed E-state index contributed by atoms with van der Waals surface area (Å²) in [4.78, 5) is 11.1. The van der Waals surface area contributed by atoms with Gasteiger partial charge < -0.3 is 9.84 Å². The van der Waals surface area contributed by atoms with Gasteiger partial charge in [0.2, 0.25) is 0 Å². The Morgan fingerprint density at radius 1 is 1.50 bits per heavy atom. The highest BCUT2D eigenvalue weighted by Crippen LogP contribution is 2.15. The molecule has 0 saturated heterocycles. The van der Waals surface area contributed by atoms with Crippen molar-refractivity contribution in [1.29, 1.82) is 0 Å². The van der Waals surface area contributed by atoms with Crippen molar-refractivity contribution in [2.75, 3.05) is 6.61 Å². The first kappa shape index (κ1) is 12.5. The summed E-state index contributed by atoms with van der Waals surface area (Å²) in [5.74, 6) is -0.351. The highest BCUT2D eigenvalue weighted by molar-refractivity contribution is 5.87. The maximum absolute atomic E-state index is 11.1. The van der Waals surface area contributed by atoms with E-state index in [1.807, 2.05) is 25.1 Å². The van der Waals surface area contributed by atoms with E-state index < -0.39 is 0 Å². The van der Waals surface area contributed by atoms with Crippen LogP contribution in [0.4, 0.5) is 0 Å². The van der Waals surface area contributed by atoms with Crippen molar-refractivity contribution >= 4 is 12.0 Å². The average molecular weight is 220 g/mol. The van der Waals surface area contributed by atoms with Gasteiger partial charge in [0.05, 0.1) is 13.2 Å². The monoisotopic (exact) mass is 220 g/mol. The van der Waals surface area contributed by atoms with Crippen LogP contribution >= 0.6 is 0 Å². The van der Waals surface area contributed by atoms with Crippen molar-refractivity contribution in [3.63, 3.8) is 0 Å².